The number of rotatable bonds is 14. The number of primary amides is 1. The summed E-state index contributed by atoms with van der Waals surface area (Å²) in [5.41, 5.74) is 6.37. The molecule has 14 atom stereocenters. The first-order valence-corrected chi connectivity index (χ1v) is 25.6. The lowest BCUT2D eigenvalue weighted by Gasteiger charge is -2.48. The van der Waals surface area contributed by atoms with Crippen LogP contribution in [-0.2, 0) is 54.4 Å². The first-order valence-electron chi connectivity index (χ1n) is 24.7. The van der Waals surface area contributed by atoms with Gasteiger partial charge in [0.15, 0.2) is 18.7 Å². The number of aliphatic hydroxyl groups is 2. The molecule has 3 aliphatic rings. The van der Waals surface area contributed by atoms with E-state index in [0.29, 0.717) is 34.1 Å². The fourth-order valence-electron chi connectivity index (χ4n) is 10.1. The van der Waals surface area contributed by atoms with E-state index in [1.807, 2.05) is 39.8 Å². The van der Waals surface area contributed by atoms with Crippen LogP contribution in [0, 0.1) is 23.7 Å². The third-order valence-electron chi connectivity index (χ3n) is 14.3. The number of aromatic nitrogens is 2. The van der Waals surface area contributed by atoms with Crippen molar-refractivity contribution in [1.29, 1.82) is 0 Å². The van der Waals surface area contributed by atoms with Gasteiger partial charge >= 0.3 is 5.97 Å². The molecule has 2 aromatic rings. The Morgan fingerprint density at radius 3 is 2.44 bits per heavy atom. The number of ketones is 1. The number of aliphatic imine (C=N–C) groups is 1. The number of nitrogens with two attached hydrogens (primary N) is 2. The number of cyclic esters (lactones) is 1. The van der Waals surface area contributed by atoms with Crippen LogP contribution in [-0.4, -0.2) is 146 Å². The molecule has 0 aromatic carbocycles. The number of aliphatic hydroxyl groups excluding tert-OH is 1. The molecule has 0 spiro atoms. The van der Waals surface area contributed by atoms with Crippen molar-refractivity contribution in [3.05, 3.63) is 29.4 Å². The van der Waals surface area contributed by atoms with Crippen LogP contribution in [0.1, 0.15) is 119 Å². The highest BCUT2D eigenvalue weighted by Crippen LogP contribution is 2.43. The Morgan fingerprint density at radius 2 is 1.82 bits per heavy atom. The van der Waals surface area contributed by atoms with Gasteiger partial charge in [0, 0.05) is 53.6 Å². The maximum atomic E-state index is 17.1. The van der Waals surface area contributed by atoms with Gasteiger partial charge in [-0.15, -0.1) is 11.3 Å². The molecule has 3 fully saturated rings. The second-order valence-corrected chi connectivity index (χ2v) is 21.2. The topological polar surface area (TPSA) is 290 Å². The van der Waals surface area contributed by atoms with Gasteiger partial charge in [-0.2, -0.15) is 0 Å². The summed E-state index contributed by atoms with van der Waals surface area (Å²) in [6.45, 7) is 14.0. The van der Waals surface area contributed by atoms with E-state index in [1.165, 1.54) is 25.2 Å². The number of esters is 1. The standard InChI is InChI=1S/C50H75FN8O12S/c1-12-36-50(9,66)33-17-16-32(58-68-24-31-15-14-30(22-54-31)45-56-38(25-72-45)55-44(64)34(52)18-19-37(53)60)23-67-48(7,21-26(3)40(28(33)5)57-39(61)13-2)43(29(6)42(63)49(8,51)47(65)70-36)71-46-41(62)35(59(10)11)20-27(4)69-46/h14-15,22,25-29,33-36,41,43,46,62,66H,12-13,16-21,23-24,52H2,1-11H3,(H2,53,60)(H,55,64)/b57-40?,58-32+/t26-,27-,28-,29+,33-,34+,35+,36-,41-,43-,46+,48-,49+,50+/m1/s1. The van der Waals surface area contributed by atoms with Crippen LogP contribution in [0.15, 0.2) is 33.9 Å². The average Bonchev–Trinajstić information content (AvgIpc) is 3.79. The second-order valence-electron chi connectivity index (χ2n) is 20.3. The third kappa shape index (κ3) is 13.9. The minimum atomic E-state index is -3.22. The van der Waals surface area contributed by atoms with Crippen molar-refractivity contribution in [2.24, 2.45) is 45.3 Å². The molecule has 7 N–H and O–H groups in total. The fourth-order valence-corrected chi connectivity index (χ4v) is 10.9. The predicted octanol–water partition coefficient (Wildman–Crippen LogP) is 4.67. The number of ether oxygens (including phenoxy) is 4. The van der Waals surface area contributed by atoms with Crippen molar-refractivity contribution in [3.63, 3.8) is 0 Å². The number of nitrogens with zero attached hydrogens (tertiary/aromatic N) is 5. The number of oxime groups is 1. The number of thiazole rings is 1. The number of carbonyl (C=O) groups is 5. The van der Waals surface area contributed by atoms with Gasteiger partial charge in [-0.25, -0.2) is 19.2 Å². The Kier molecular flexibility index (Phi) is 19.9. The molecule has 3 aliphatic heterocycles. The number of anilines is 1. The molecule has 72 heavy (non-hydrogen) atoms. The first kappa shape index (κ1) is 58.2. The normalized spacial score (nSPS) is 34.7. The number of hydrogen-bond acceptors (Lipinski definition) is 18. The number of amides is 3. The summed E-state index contributed by atoms with van der Waals surface area (Å²) in [6, 6.07) is 2.14. The molecular weight excluding hydrogens is 956 g/mol. The molecule has 5 rings (SSSR count). The molecule has 2 aromatic heterocycles. The molecule has 3 amide bonds. The van der Waals surface area contributed by atoms with Crippen molar-refractivity contribution in [2.45, 2.75) is 180 Å². The number of likely N-dealkylation sites (N-methyl/N-ethyl adjacent to an activating group) is 1. The largest absolute Gasteiger partial charge is 0.457 e. The maximum absolute atomic E-state index is 17.1. The minimum Gasteiger partial charge on any atom is -0.457 e. The van der Waals surface area contributed by atoms with Crippen molar-refractivity contribution in [2.75, 3.05) is 26.0 Å². The van der Waals surface area contributed by atoms with Crippen LogP contribution in [0.2, 0.25) is 0 Å². The quantitative estimate of drug-likeness (QED) is 0.0977. The lowest BCUT2D eigenvalue weighted by molar-refractivity contribution is -0.296. The van der Waals surface area contributed by atoms with E-state index in [1.54, 1.807) is 44.5 Å². The van der Waals surface area contributed by atoms with Gasteiger partial charge in [-0.05, 0) is 104 Å². The summed E-state index contributed by atoms with van der Waals surface area (Å²) in [4.78, 5) is 87.0. The molecule has 3 saturated heterocycles. The lowest BCUT2D eigenvalue weighted by atomic mass is 9.68. The third-order valence-corrected chi connectivity index (χ3v) is 15.2. The Balaban J connectivity index is 1.55. The average molecular weight is 1030 g/mol. The molecule has 0 unspecified atom stereocenters. The lowest BCUT2D eigenvalue weighted by Crippen LogP contribution is -2.61. The molecular formula is C50H75FN8O12S. The number of pyridine rings is 1. The van der Waals surface area contributed by atoms with Crippen molar-refractivity contribution < 1.29 is 62.4 Å². The number of hydrogen-bond donors (Lipinski definition) is 5. The van der Waals surface area contributed by atoms with Crippen LogP contribution in [0.4, 0.5) is 10.2 Å². The summed E-state index contributed by atoms with van der Waals surface area (Å²) in [6.07, 6.45) is -3.09. The van der Waals surface area contributed by atoms with E-state index in [-0.39, 0.29) is 64.0 Å². The number of fused-ring (bicyclic) bond motifs is 5. The van der Waals surface area contributed by atoms with Crippen LogP contribution < -0.4 is 16.8 Å². The molecule has 2 bridgehead atoms. The number of Topliss-reactive ketones (excluding diaryl/α,β-unsaturated/α-hetero) is 1. The van der Waals surface area contributed by atoms with E-state index in [0.717, 1.165) is 6.92 Å². The molecule has 0 aliphatic carbocycles. The van der Waals surface area contributed by atoms with Gasteiger partial charge in [0.05, 0.1) is 41.9 Å². The van der Waals surface area contributed by atoms with Crippen LogP contribution in [0.25, 0.3) is 10.6 Å². The minimum absolute atomic E-state index is 0.0201. The Bertz CT molecular complexity index is 2290. The Morgan fingerprint density at radius 1 is 1.11 bits per heavy atom. The second kappa shape index (κ2) is 24.6. The zero-order chi connectivity index (χ0) is 53.5. The smallest absolute Gasteiger partial charge is 0.351 e. The molecule has 5 heterocycles. The van der Waals surface area contributed by atoms with Gasteiger partial charge in [0.25, 0.3) is 5.67 Å². The summed E-state index contributed by atoms with van der Waals surface area (Å²) in [5, 5.41) is 33.8. The molecule has 0 saturated carbocycles. The summed E-state index contributed by atoms with van der Waals surface area (Å²) in [7, 11) is 3.63. The van der Waals surface area contributed by atoms with Gasteiger partial charge in [0.2, 0.25) is 17.7 Å². The molecule has 20 nitrogen and oxygen atoms in total. The van der Waals surface area contributed by atoms with Gasteiger partial charge in [0.1, 0.15) is 28.6 Å². The van der Waals surface area contributed by atoms with E-state index >= 15 is 4.39 Å². The van der Waals surface area contributed by atoms with Gasteiger partial charge in [-0.1, -0.05) is 39.8 Å². The number of carbonyl (C=O) groups excluding carboxylic acids is 5. The zero-order valence-electron chi connectivity index (χ0n) is 43.4. The van der Waals surface area contributed by atoms with E-state index in [4.69, 9.17) is 35.3 Å². The zero-order valence-corrected chi connectivity index (χ0v) is 44.2. The first-order chi connectivity index (χ1) is 33.7. The summed E-state index contributed by atoms with van der Waals surface area (Å²) >= 11 is 1.27. The highest BCUT2D eigenvalue weighted by Gasteiger charge is 2.56. The fraction of sp³-hybridized carbons (Fsp3) is 0.700. The molecule has 22 heteroatoms. The van der Waals surface area contributed by atoms with E-state index in [2.05, 4.69) is 25.4 Å². The predicted molar refractivity (Wildman–Crippen MR) is 267 cm³/mol. The van der Waals surface area contributed by atoms with Crippen LogP contribution in [0.3, 0.4) is 0 Å². The Labute approximate surface area is 425 Å². The maximum Gasteiger partial charge on any atom is 0.351 e. The number of nitrogens with one attached hydrogen (secondary N) is 1. The number of halogens is 1. The van der Waals surface area contributed by atoms with E-state index in [9.17, 15) is 34.2 Å². The summed E-state index contributed by atoms with van der Waals surface area (Å²) in [5.74, 6) is -7.32. The van der Waals surface area contributed by atoms with Crippen LogP contribution in [0.5, 0.6) is 0 Å². The number of alkyl halides is 1. The molecule has 0 radical (unpaired) electrons. The van der Waals surface area contributed by atoms with Crippen molar-refractivity contribution >= 4 is 58.1 Å². The van der Waals surface area contributed by atoms with Gasteiger partial charge in [-0.3, -0.25) is 24.2 Å². The Hall–Kier alpha value is -4.68. The van der Waals surface area contributed by atoms with Crippen LogP contribution >= 0.6 is 11.3 Å². The van der Waals surface area contributed by atoms with Gasteiger partial charge < -0.3 is 55.7 Å². The monoisotopic (exact) mass is 1030 g/mol. The highest BCUT2D eigenvalue weighted by atomic mass is 32.1. The molecule has 400 valence electrons. The summed E-state index contributed by atoms with van der Waals surface area (Å²) < 4.78 is 42.7. The SMILES string of the molecule is CCC(=O)N=C1[C@H](C)C[C@@]2(C)OC/C(=N/OCc3ccc(-c4nc(NC(=O)[C@@H](N)CCC(N)=O)cs4)cn3)CC[C@H]([C@H]1C)[C@](C)(O)[C@@H](CC)OC(=O)[C@@](C)(F)C(=O)[C@H](C)[C@H]2O[C@@H]1O[C@H](C)C[C@H](N(C)C)[C@H]1O. The van der Waals surface area contributed by atoms with E-state index < -0.39 is 113 Å². The highest BCUT2D eigenvalue weighted by molar-refractivity contribution is 7.13. The van der Waals surface area contributed by atoms with Crippen molar-refractivity contribution in [3.8, 4) is 10.6 Å². The van der Waals surface area contributed by atoms with Crippen molar-refractivity contribution in [1.82, 2.24) is 14.9 Å².